The number of hydrogen-bond acceptors (Lipinski definition) is 2. The smallest absolute Gasteiger partial charge is 0.106 e. The highest BCUT2D eigenvalue weighted by Gasteiger charge is 2.41. The van der Waals surface area contributed by atoms with Crippen LogP contribution in [0.5, 0.6) is 0 Å². The number of nitrogens with zero attached hydrogens (tertiary/aromatic N) is 1. The van der Waals surface area contributed by atoms with E-state index in [1.807, 2.05) is 12.1 Å². The summed E-state index contributed by atoms with van der Waals surface area (Å²) in [6, 6.07) is 18.8. The molecule has 0 amide bonds. The summed E-state index contributed by atoms with van der Waals surface area (Å²) < 4.78 is 6.45. The zero-order chi connectivity index (χ0) is 17.9. The molecule has 1 aliphatic heterocycles. The maximum Gasteiger partial charge on any atom is 0.106 e. The highest BCUT2D eigenvalue weighted by atomic mass is 35.5. The van der Waals surface area contributed by atoms with Crippen LogP contribution in [0.2, 0.25) is 5.02 Å². The Morgan fingerprint density at radius 2 is 1.84 bits per heavy atom. The van der Waals surface area contributed by atoms with Gasteiger partial charge in [0.25, 0.3) is 0 Å². The number of hydrogen-bond donors (Lipinski definition) is 0. The highest BCUT2D eigenvalue weighted by Crippen LogP contribution is 2.37. The zero-order valence-corrected chi connectivity index (χ0v) is 16.2. The van der Waals surface area contributed by atoms with E-state index >= 15 is 0 Å². The van der Waals surface area contributed by atoms with E-state index in [0.29, 0.717) is 0 Å². The summed E-state index contributed by atoms with van der Waals surface area (Å²) in [7, 11) is 0. The van der Waals surface area contributed by atoms with Crippen molar-refractivity contribution in [2.75, 3.05) is 19.7 Å². The summed E-state index contributed by atoms with van der Waals surface area (Å²) in [5, 5.41) is 0.771. The van der Waals surface area contributed by atoms with Gasteiger partial charge in [-0.25, -0.2) is 0 Å². The van der Waals surface area contributed by atoms with Crippen molar-refractivity contribution in [3.63, 3.8) is 0 Å². The maximum absolute atomic E-state index is 6.45. The Morgan fingerprint density at radius 3 is 2.52 bits per heavy atom. The summed E-state index contributed by atoms with van der Waals surface area (Å²) >= 11 is 6.30. The number of aryl methyl sites for hydroxylation is 1. The van der Waals surface area contributed by atoms with Crippen LogP contribution in [-0.4, -0.2) is 30.1 Å². The first-order chi connectivity index (χ1) is 11.9. The fraction of sp³-hybridized carbons (Fsp3) is 0.455. The summed E-state index contributed by atoms with van der Waals surface area (Å²) in [4.78, 5) is 2.53. The molecule has 1 atom stereocenters. The maximum atomic E-state index is 6.45. The topological polar surface area (TPSA) is 12.5 Å². The number of halogens is 1. The van der Waals surface area contributed by atoms with Crippen molar-refractivity contribution in [3.05, 3.63) is 70.7 Å². The third-order valence-electron chi connectivity index (χ3n) is 5.15. The van der Waals surface area contributed by atoms with Crippen LogP contribution < -0.4 is 0 Å². The molecular formula is C22H28ClNO. The summed E-state index contributed by atoms with van der Waals surface area (Å²) in [6.45, 7) is 9.44. The summed E-state index contributed by atoms with van der Waals surface area (Å²) in [5.41, 5.74) is 2.34. The Morgan fingerprint density at radius 1 is 1.08 bits per heavy atom. The molecule has 1 unspecified atom stereocenters. The lowest BCUT2D eigenvalue weighted by Crippen LogP contribution is -2.56. The van der Waals surface area contributed by atoms with Gasteiger partial charge in [0.15, 0.2) is 0 Å². The minimum absolute atomic E-state index is 0.125. The highest BCUT2D eigenvalue weighted by molar-refractivity contribution is 6.30. The number of morpholine rings is 1. The third-order valence-corrected chi connectivity index (χ3v) is 5.38. The molecule has 0 radical (unpaired) electrons. The van der Waals surface area contributed by atoms with Crippen LogP contribution in [0.15, 0.2) is 54.6 Å². The molecule has 0 aliphatic carbocycles. The first-order valence-corrected chi connectivity index (χ1v) is 9.46. The van der Waals surface area contributed by atoms with Crippen molar-refractivity contribution < 1.29 is 4.74 Å². The molecule has 3 rings (SSSR count). The second-order valence-corrected chi connectivity index (χ2v) is 8.37. The lowest BCUT2D eigenvalue weighted by atomic mass is 9.84. The Kier molecular flexibility index (Phi) is 5.52. The standard InChI is InChI=1S/C22H28ClNO/c1-21(2,3)24-14-15-25-22(17-24,19-10-7-11-20(23)16-19)13-12-18-8-5-4-6-9-18/h4-11,16H,12-15,17H2,1-3H3. The predicted octanol–water partition coefficient (Wildman–Crippen LogP) is 5.30. The van der Waals surface area contributed by atoms with Gasteiger partial charge >= 0.3 is 0 Å². The largest absolute Gasteiger partial charge is 0.368 e. The second kappa shape index (κ2) is 7.49. The molecule has 3 heteroatoms. The van der Waals surface area contributed by atoms with Crippen LogP contribution in [-0.2, 0) is 16.8 Å². The van der Waals surface area contributed by atoms with Crippen molar-refractivity contribution in [2.24, 2.45) is 0 Å². The average Bonchev–Trinajstić information content (AvgIpc) is 2.60. The van der Waals surface area contributed by atoms with Crippen LogP contribution in [0.3, 0.4) is 0 Å². The van der Waals surface area contributed by atoms with Gasteiger partial charge in [-0.2, -0.15) is 0 Å². The lowest BCUT2D eigenvalue weighted by Gasteiger charge is -2.48. The SMILES string of the molecule is CC(C)(C)N1CCOC(CCc2ccccc2)(c2cccc(Cl)c2)C1. The fourth-order valence-corrected chi connectivity index (χ4v) is 3.78. The predicted molar refractivity (Wildman–Crippen MR) is 105 cm³/mol. The molecule has 0 bridgehead atoms. The third kappa shape index (κ3) is 4.44. The summed E-state index contributed by atoms with van der Waals surface area (Å²) in [6.07, 6.45) is 1.94. The molecule has 0 N–H and O–H groups in total. The van der Waals surface area contributed by atoms with Crippen LogP contribution in [0.4, 0.5) is 0 Å². The van der Waals surface area contributed by atoms with Gasteiger partial charge < -0.3 is 4.74 Å². The number of rotatable bonds is 4. The van der Waals surface area contributed by atoms with Gasteiger partial charge in [0.1, 0.15) is 5.60 Å². The van der Waals surface area contributed by atoms with E-state index in [1.165, 1.54) is 11.1 Å². The minimum Gasteiger partial charge on any atom is -0.368 e. The molecule has 2 aromatic carbocycles. The second-order valence-electron chi connectivity index (χ2n) is 7.93. The Hall–Kier alpha value is -1.35. The van der Waals surface area contributed by atoms with E-state index in [4.69, 9.17) is 16.3 Å². The van der Waals surface area contributed by atoms with Crippen LogP contribution in [0.25, 0.3) is 0 Å². The minimum atomic E-state index is -0.313. The molecule has 0 spiro atoms. The van der Waals surface area contributed by atoms with Crippen molar-refractivity contribution in [2.45, 2.75) is 44.8 Å². The molecule has 0 saturated carbocycles. The zero-order valence-electron chi connectivity index (χ0n) is 15.5. The first-order valence-electron chi connectivity index (χ1n) is 9.08. The molecule has 2 nitrogen and oxygen atoms in total. The Labute approximate surface area is 156 Å². The fourth-order valence-electron chi connectivity index (χ4n) is 3.59. The van der Waals surface area contributed by atoms with E-state index in [2.05, 4.69) is 68.1 Å². The average molecular weight is 358 g/mol. The van der Waals surface area contributed by atoms with E-state index in [1.54, 1.807) is 0 Å². The van der Waals surface area contributed by atoms with Gasteiger partial charge in [-0.1, -0.05) is 54.1 Å². The molecule has 0 aromatic heterocycles. The van der Waals surface area contributed by atoms with E-state index in [9.17, 15) is 0 Å². The van der Waals surface area contributed by atoms with Gasteiger partial charge in [-0.3, -0.25) is 4.90 Å². The van der Waals surface area contributed by atoms with Crippen LogP contribution in [0.1, 0.15) is 38.3 Å². The van der Waals surface area contributed by atoms with Crippen molar-refractivity contribution in [1.82, 2.24) is 4.90 Å². The van der Waals surface area contributed by atoms with Crippen molar-refractivity contribution in [3.8, 4) is 0 Å². The van der Waals surface area contributed by atoms with Gasteiger partial charge in [-0.05, 0) is 56.9 Å². The van der Waals surface area contributed by atoms with E-state index in [-0.39, 0.29) is 11.1 Å². The first kappa shape index (κ1) is 18.4. The monoisotopic (exact) mass is 357 g/mol. The van der Waals surface area contributed by atoms with Crippen LogP contribution in [0, 0.1) is 0 Å². The molecule has 2 aromatic rings. The Bertz CT molecular complexity index is 695. The normalized spacial score (nSPS) is 22.1. The van der Waals surface area contributed by atoms with Crippen molar-refractivity contribution in [1.29, 1.82) is 0 Å². The quantitative estimate of drug-likeness (QED) is 0.736. The molecule has 25 heavy (non-hydrogen) atoms. The van der Waals surface area contributed by atoms with Gasteiger partial charge in [0.05, 0.1) is 6.61 Å². The van der Waals surface area contributed by atoms with E-state index in [0.717, 1.165) is 37.6 Å². The van der Waals surface area contributed by atoms with E-state index < -0.39 is 0 Å². The Balaban J connectivity index is 1.90. The van der Waals surface area contributed by atoms with Crippen molar-refractivity contribution >= 4 is 11.6 Å². The molecule has 1 fully saturated rings. The number of ether oxygens (including phenoxy) is 1. The van der Waals surface area contributed by atoms with Gasteiger partial charge in [0.2, 0.25) is 0 Å². The molecule has 1 heterocycles. The summed E-state index contributed by atoms with van der Waals surface area (Å²) in [5.74, 6) is 0. The van der Waals surface area contributed by atoms with Crippen LogP contribution >= 0.6 is 11.6 Å². The molecule has 1 aliphatic rings. The molecule has 134 valence electrons. The van der Waals surface area contributed by atoms with Gasteiger partial charge in [-0.15, -0.1) is 0 Å². The van der Waals surface area contributed by atoms with Gasteiger partial charge in [0, 0.05) is 23.7 Å². The number of benzene rings is 2. The lowest BCUT2D eigenvalue weighted by molar-refractivity contribution is -0.138. The molecular weight excluding hydrogens is 330 g/mol. The molecule has 1 saturated heterocycles.